The van der Waals surface area contributed by atoms with Gasteiger partial charge in [0.05, 0.1) is 0 Å². The van der Waals surface area contributed by atoms with Crippen LogP contribution in [0.15, 0.2) is 0 Å². The lowest BCUT2D eigenvalue weighted by Crippen LogP contribution is -2.39. The molecule has 1 N–H and O–H groups in total. The molecule has 1 amide bonds. The second kappa shape index (κ2) is 5.20. The molecule has 2 aliphatic rings. The summed E-state index contributed by atoms with van der Waals surface area (Å²) in [5.41, 5.74) is 0.713. The molecule has 2 aliphatic heterocycles. The molecule has 0 atom stereocenters. The topological polar surface area (TPSA) is 32.3 Å². The molecule has 0 aromatic carbocycles. The van der Waals surface area contributed by atoms with Crippen molar-refractivity contribution in [2.75, 3.05) is 26.2 Å². The Morgan fingerprint density at radius 2 is 1.89 bits per heavy atom. The lowest BCUT2D eigenvalue weighted by molar-refractivity contribution is -0.131. The van der Waals surface area contributed by atoms with Gasteiger partial charge in [0.15, 0.2) is 0 Å². The summed E-state index contributed by atoms with van der Waals surface area (Å²) in [5.74, 6) is 0.375. The summed E-state index contributed by atoms with van der Waals surface area (Å²) in [6.45, 7) is 10.9. The summed E-state index contributed by atoms with van der Waals surface area (Å²) >= 11 is 0. The first-order chi connectivity index (χ1) is 8.40. The molecule has 2 saturated heterocycles. The van der Waals surface area contributed by atoms with Crippen molar-refractivity contribution in [3.05, 3.63) is 0 Å². The number of hydrogen-bond acceptors (Lipinski definition) is 2. The maximum Gasteiger partial charge on any atom is 0.222 e. The van der Waals surface area contributed by atoms with Crippen LogP contribution in [0.5, 0.6) is 0 Å². The zero-order valence-electron chi connectivity index (χ0n) is 12.2. The number of carbonyl (C=O) groups is 1. The number of carbonyl (C=O) groups excluding carboxylic acids is 1. The fourth-order valence-electron chi connectivity index (χ4n) is 3.15. The molecule has 0 unspecified atom stereocenters. The van der Waals surface area contributed by atoms with Gasteiger partial charge in [-0.15, -0.1) is 0 Å². The molecule has 1 spiro atoms. The minimum Gasteiger partial charge on any atom is -0.342 e. The van der Waals surface area contributed by atoms with E-state index in [2.05, 4.69) is 31.0 Å². The molecular formula is C15H28N2O. The van der Waals surface area contributed by atoms with Crippen LogP contribution in [-0.4, -0.2) is 37.0 Å². The Balaban J connectivity index is 1.82. The molecule has 18 heavy (non-hydrogen) atoms. The summed E-state index contributed by atoms with van der Waals surface area (Å²) in [7, 11) is 0. The minimum absolute atomic E-state index is 0.266. The Bertz CT molecular complexity index is 300. The largest absolute Gasteiger partial charge is 0.342 e. The molecule has 3 heteroatoms. The SMILES string of the molecule is CC(C)(C)CCC(=O)N1CCC2(CCNCC2)C1. The van der Waals surface area contributed by atoms with Crippen LogP contribution < -0.4 is 5.32 Å². The fraction of sp³-hybridized carbons (Fsp3) is 0.933. The van der Waals surface area contributed by atoms with Crippen LogP contribution in [0.25, 0.3) is 0 Å². The first kappa shape index (κ1) is 13.9. The van der Waals surface area contributed by atoms with Gasteiger partial charge in [-0.2, -0.15) is 0 Å². The van der Waals surface area contributed by atoms with Gasteiger partial charge in [0, 0.05) is 19.5 Å². The lowest BCUT2D eigenvalue weighted by Gasteiger charge is -2.33. The van der Waals surface area contributed by atoms with Crippen LogP contribution >= 0.6 is 0 Å². The van der Waals surface area contributed by atoms with Crippen LogP contribution in [0, 0.1) is 10.8 Å². The van der Waals surface area contributed by atoms with Crippen molar-refractivity contribution in [1.29, 1.82) is 0 Å². The van der Waals surface area contributed by atoms with Crippen molar-refractivity contribution in [1.82, 2.24) is 10.2 Å². The monoisotopic (exact) mass is 252 g/mol. The van der Waals surface area contributed by atoms with E-state index in [0.717, 1.165) is 39.0 Å². The molecule has 0 saturated carbocycles. The fourth-order valence-corrected chi connectivity index (χ4v) is 3.15. The Labute approximate surface area is 111 Å². The molecule has 3 nitrogen and oxygen atoms in total. The number of likely N-dealkylation sites (tertiary alicyclic amines) is 1. The molecule has 2 heterocycles. The summed E-state index contributed by atoms with van der Waals surface area (Å²) in [4.78, 5) is 14.4. The highest BCUT2D eigenvalue weighted by atomic mass is 16.2. The maximum absolute atomic E-state index is 12.2. The lowest BCUT2D eigenvalue weighted by atomic mass is 9.78. The standard InChI is InChI=1S/C15H28N2O/c1-14(2,3)5-4-13(18)17-11-8-15(12-17)6-9-16-10-7-15/h16H,4-12H2,1-3H3. The van der Waals surface area contributed by atoms with Gasteiger partial charge in [-0.1, -0.05) is 20.8 Å². The average molecular weight is 252 g/mol. The number of nitrogens with zero attached hydrogens (tertiary/aromatic N) is 1. The summed E-state index contributed by atoms with van der Waals surface area (Å²) in [5, 5.41) is 3.42. The van der Waals surface area contributed by atoms with Crippen LogP contribution in [0.3, 0.4) is 0 Å². The van der Waals surface area contributed by atoms with Crippen molar-refractivity contribution in [2.45, 2.75) is 52.9 Å². The van der Waals surface area contributed by atoms with E-state index in [9.17, 15) is 4.79 Å². The van der Waals surface area contributed by atoms with E-state index in [1.54, 1.807) is 0 Å². The van der Waals surface area contributed by atoms with Gasteiger partial charge >= 0.3 is 0 Å². The summed E-state index contributed by atoms with van der Waals surface area (Å²) in [6.07, 6.45) is 5.43. The van der Waals surface area contributed by atoms with Gasteiger partial charge in [-0.25, -0.2) is 0 Å². The van der Waals surface area contributed by atoms with Crippen LogP contribution in [0.2, 0.25) is 0 Å². The highest BCUT2D eigenvalue weighted by Gasteiger charge is 2.40. The Kier molecular flexibility index (Phi) is 4.00. The molecule has 0 aromatic rings. The van der Waals surface area contributed by atoms with Gasteiger partial charge < -0.3 is 10.2 Å². The average Bonchev–Trinajstić information content (AvgIpc) is 2.70. The second-order valence-corrected chi connectivity index (χ2v) is 7.38. The number of piperidine rings is 1. The number of hydrogen-bond donors (Lipinski definition) is 1. The van der Waals surface area contributed by atoms with E-state index in [-0.39, 0.29) is 5.41 Å². The molecule has 2 rings (SSSR count). The summed E-state index contributed by atoms with van der Waals surface area (Å²) < 4.78 is 0. The predicted octanol–water partition coefficient (Wildman–Crippen LogP) is 2.41. The third kappa shape index (κ3) is 3.47. The van der Waals surface area contributed by atoms with Gasteiger partial charge in [0.25, 0.3) is 0 Å². The number of amides is 1. The number of nitrogens with one attached hydrogen (secondary N) is 1. The Morgan fingerprint density at radius 1 is 1.22 bits per heavy atom. The summed E-state index contributed by atoms with van der Waals surface area (Å²) in [6, 6.07) is 0. The van der Waals surface area contributed by atoms with Gasteiger partial charge in [-0.3, -0.25) is 4.79 Å². The van der Waals surface area contributed by atoms with E-state index in [0.29, 0.717) is 11.3 Å². The Hall–Kier alpha value is -0.570. The van der Waals surface area contributed by atoms with Gasteiger partial charge in [-0.05, 0) is 49.6 Å². The third-order valence-corrected chi connectivity index (χ3v) is 4.54. The molecule has 2 fully saturated rings. The zero-order chi connectivity index (χ0) is 13.2. The first-order valence-electron chi connectivity index (χ1n) is 7.39. The van der Waals surface area contributed by atoms with Crippen molar-refractivity contribution >= 4 is 5.91 Å². The normalized spacial score (nSPS) is 23.6. The van der Waals surface area contributed by atoms with Crippen molar-refractivity contribution in [3.63, 3.8) is 0 Å². The molecule has 104 valence electrons. The van der Waals surface area contributed by atoms with E-state index in [4.69, 9.17) is 0 Å². The quantitative estimate of drug-likeness (QED) is 0.818. The van der Waals surface area contributed by atoms with Crippen molar-refractivity contribution in [3.8, 4) is 0 Å². The van der Waals surface area contributed by atoms with E-state index in [1.165, 1.54) is 19.3 Å². The van der Waals surface area contributed by atoms with Gasteiger partial charge in [0.1, 0.15) is 0 Å². The second-order valence-electron chi connectivity index (χ2n) is 7.38. The highest BCUT2D eigenvalue weighted by Crippen LogP contribution is 2.39. The predicted molar refractivity (Wildman–Crippen MR) is 74.4 cm³/mol. The molecule has 0 radical (unpaired) electrons. The van der Waals surface area contributed by atoms with E-state index < -0.39 is 0 Å². The van der Waals surface area contributed by atoms with E-state index >= 15 is 0 Å². The van der Waals surface area contributed by atoms with Crippen molar-refractivity contribution in [2.24, 2.45) is 10.8 Å². The van der Waals surface area contributed by atoms with Crippen LogP contribution in [-0.2, 0) is 4.79 Å². The highest BCUT2D eigenvalue weighted by molar-refractivity contribution is 5.76. The molecule has 0 aliphatic carbocycles. The molecule has 0 aromatic heterocycles. The van der Waals surface area contributed by atoms with Gasteiger partial charge in [0.2, 0.25) is 5.91 Å². The van der Waals surface area contributed by atoms with Crippen LogP contribution in [0.4, 0.5) is 0 Å². The van der Waals surface area contributed by atoms with E-state index in [1.807, 2.05) is 0 Å². The first-order valence-corrected chi connectivity index (χ1v) is 7.39. The minimum atomic E-state index is 0.266. The molecular weight excluding hydrogens is 224 g/mol. The Morgan fingerprint density at radius 3 is 2.50 bits per heavy atom. The number of rotatable bonds is 2. The molecule has 0 bridgehead atoms. The third-order valence-electron chi connectivity index (χ3n) is 4.54. The van der Waals surface area contributed by atoms with Crippen LogP contribution in [0.1, 0.15) is 52.9 Å². The zero-order valence-corrected chi connectivity index (χ0v) is 12.2. The maximum atomic E-state index is 12.2. The smallest absolute Gasteiger partial charge is 0.222 e. The van der Waals surface area contributed by atoms with Crippen molar-refractivity contribution < 1.29 is 4.79 Å².